The molecule has 2 saturated heterocycles. The van der Waals surface area contributed by atoms with Gasteiger partial charge >= 0.3 is 12.1 Å². The summed E-state index contributed by atoms with van der Waals surface area (Å²) >= 11 is 0. The summed E-state index contributed by atoms with van der Waals surface area (Å²) in [6.07, 6.45) is 1.91. The number of carbonyl (C=O) groups excluding carboxylic acids is 2. The van der Waals surface area contributed by atoms with E-state index in [-0.39, 0.29) is 30.3 Å². The quantitative estimate of drug-likeness (QED) is 0.583. The molecule has 2 heterocycles. The fraction of sp³-hybridized carbons (Fsp3) is 0.464. The van der Waals surface area contributed by atoms with Crippen LogP contribution in [-0.4, -0.2) is 52.7 Å². The van der Waals surface area contributed by atoms with Crippen molar-refractivity contribution in [2.24, 2.45) is 5.41 Å². The summed E-state index contributed by atoms with van der Waals surface area (Å²) in [7, 11) is 0. The average Bonchev–Trinajstić information content (AvgIpc) is 3.42. The Bertz CT molecular complexity index is 1120. The molecule has 2 aliphatic heterocycles. The molecule has 0 aromatic heterocycles. The maximum absolute atomic E-state index is 13.1. The predicted octanol–water partition coefficient (Wildman–Crippen LogP) is 4.55. The van der Waals surface area contributed by atoms with Crippen molar-refractivity contribution in [3.63, 3.8) is 0 Å². The normalized spacial score (nSPS) is 24.8. The molecule has 0 radical (unpaired) electrons. The standard InChI is InChI=1S/C28H32N2O5/c1-3-8-18(13-24(31)30-17-27(2)15-28(30,16-27)25(32)33)29-26(34)35-14-23-21-11-6-4-9-19(21)20-10-5-7-12-22(20)23/h4-7,9-12,18,23H,3,8,13-17H2,1-2H3,(H,29,34)(H,32,33)/t18-,27?,28?/m1/s1. The lowest BCUT2D eigenvalue weighted by molar-refractivity contribution is -0.160. The number of nitrogens with one attached hydrogen (secondary N) is 1. The van der Waals surface area contributed by atoms with Crippen LogP contribution in [-0.2, 0) is 14.3 Å². The highest BCUT2D eigenvalue weighted by Crippen LogP contribution is 2.59. The van der Waals surface area contributed by atoms with E-state index < -0.39 is 23.6 Å². The van der Waals surface area contributed by atoms with E-state index in [0.29, 0.717) is 25.8 Å². The molecule has 2 bridgehead atoms. The summed E-state index contributed by atoms with van der Waals surface area (Å²) in [6.45, 7) is 4.69. The van der Waals surface area contributed by atoms with Crippen LogP contribution >= 0.6 is 0 Å². The Kier molecular flexibility index (Phi) is 5.82. The number of alkyl carbamates (subject to hydrolysis) is 1. The van der Waals surface area contributed by atoms with Gasteiger partial charge in [0.25, 0.3) is 0 Å². The second-order valence-electron chi connectivity index (χ2n) is 10.6. The topological polar surface area (TPSA) is 95.9 Å². The highest BCUT2D eigenvalue weighted by atomic mass is 16.5. The SMILES string of the molecule is CCC[C@H](CC(=O)N1CC2(C)CC1(C(=O)O)C2)NC(=O)OCC1c2ccccc2-c2ccccc21. The summed E-state index contributed by atoms with van der Waals surface area (Å²) in [6, 6.07) is 15.9. The van der Waals surface area contributed by atoms with Crippen molar-refractivity contribution in [1.82, 2.24) is 10.2 Å². The molecular formula is C28H32N2O5. The first-order chi connectivity index (χ1) is 16.8. The smallest absolute Gasteiger partial charge is 0.407 e. The molecule has 2 N–H and O–H groups in total. The minimum Gasteiger partial charge on any atom is -0.479 e. The Morgan fingerprint density at radius 2 is 1.69 bits per heavy atom. The van der Waals surface area contributed by atoms with E-state index in [1.54, 1.807) is 0 Å². The summed E-state index contributed by atoms with van der Waals surface area (Å²) in [5.74, 6) is -1.18. The van der Waals surface area contributed by atoms with E-state index in [4.69, 9.17) is 4.74 Å². The number of amides is 2. The number of ether oxygens (including phenoxy) is 1. The number of carboxylic acids is 1. The van der Waals surface area contributed by atoms with E-state index in [1.165, 1.54) is 4.90 Å². The van der Waals surface area contributed by atoms with Gasteiger partial charge in [-0.25, -0.2) is 9.59 Å². The third-order valence-corrected chi connectivity index (χ3v) is 7.92. The third kappa shape index (κ3) is 3.97. The predicted molar refractivity (Wildman–Crippen MR) is 131 cm³/mol. The van der Waals surface area contributed by atoms with Crippen molar-refractivity contribution in [2.45, 2.75) is 63.5 Å². The van der Waals surface area contributed by atoms with E-state index in [2.05, 4.69) is 29.6 Å². The van der Waals surface area contributed by atoms with Gasteiger partial charge in [-0.3, -0.25) is 4.79 Å². The first kappa shape index (κ1) is 23.4. The number of carbonyl (C=O) groups is 3. The molecule has 7 heteroatoms. The van der Waals surface area contributed by atoms with Crippen LogP contribution in [0.1, 0.15) is 63.0 Å². The fourth-order valence-electron chi connectivity index (χ4n) is 6.49. The summed E-state index contributed by atoms with van der Waals surface area (Å²) in [5.41, 5.74) is 3.42. The molecular weight excluding hydrogens is 444 g/mol. The molecule has 184 valence electrons. The Morgan fingerprint density at radius 3 is 2.26 bits per heavy atom. The molecule has 2 aliphatic carbocycles. The summed E-state index contributed by atoms with van der Waals surface area (Å²) in [5, 5.41) is 12.6. The molecule has 0 unspecified atom stereocenters. The van der Waals surface area contributed by atoms with Gasteiger partial charge in [-0.1, -0.05) is 68.8 Å². The monoisotopic (exact) mass is 476 g/mol. The number of carboxylic acid groups (broad SMARTS) is 1. The zero-order chi connectivity index (χ0) is 24.8. The maximum atomic E-state index is 13.1. The van der Waals surface area contributed by atoms with Crippen molar-refractivity contribution in [3.05, 3.63) is 59.7 Å². The van der Waals surface area contributed by atoms with Crippen LogP contribution < -0.4 is 5.32 Å². The fourth-order valence-corrected chi connectivity index (χ4v) is 6.49. The highest BCUT2D eigenvalue weighted by Gasteiger charge is 2.68. The molecule has 6 rings (SSSR count). The number of rotatable bonds is 8. The molecule has 2 aromatic rings. The van der Waals surface area contributed by atoms with Crippen molar-refractivity contribution in [2.75, 3.05) is 13.2 Å². The van der Waals surface area contributed by atoms with Crippen LogP contribution in [0.3, 0.4) is 0 Å². The second kappa shape index (κ2) is 8.70. The van der Waals surface area contributed by atoms with Gasteiger partial charge < -0.3 is 20.1 Å². The first-order valence-electron chi connectivity index (χ1n) is 12.4. The molecule has 1 atom stereocenters. The van der Waals surface area contributed by atoms with Crippen LogP contribution in [0.15, 0.2) is 48.5 Å². The average molecular weight is 477 g/mol. The van der Waals surface area contributed by atoms with Crippen molar-refractivity contribution in [1.29, 1.82) is 0 Å². The minimum absolute atomic E-state index is 0.0352. The lowest BCUT2D eigenvalue weighted by Crippen LogP contribution is -2.56. The number of aliphatic carboxylic acids is 1. The van der Waals surface area contributed by atoms with Crippen LogP contribution in [0.25, 0.3) is 11.1 Å². The molecule has 1 saturated carbocycles. The maximum Gasteiger partial charge on any atom is 0.407 e. The van der Waals surface area contributed by atoms with Crippen LogP contribution in [0.4, 0.5) is 4.79 Å². The number of nitrogens with zero attached hydrogens (tertiary/aromatic N) is 1. The third-order valence-electron chi connectivity index (χ3n) is 7.92. The van der Waals surface area contributed by atoms with Crippen molar-refractivity contribution >= 4 is 18.0 Å². The summed E-state index contributed by atoms with van der Waals surface area (Å²) < 4.78 is 5.66. The lowest BCUT2D eigenvalue weighted by atomic mass is 9.63. The van der Waals surface area contributed by atoms with Gasteiger partial charge in [-0.05, 0) is 46.9 Å². The Balaban J connectivity index is 1.22. The van der Waals surface area contributed by atoms with Crippen LogP contribution in [0, 0.1) is 5.41 Å². The number of fused-ring (bicyclic) bond motifs is 4. The van der Waals surface area contributed by atoms with Gasteiger partial charge in [0, 0.05) is 24.9 Å². The van der Waals surface area contributed by atoms with Crippen LogP contribution in [0.5, 0.6) is 0 Å². The molecule has 2 amide bonds. The van der Waals surface area contributed by atoms with E-state index in [1.807, 2.05) is 38.1 Å². The van der Waals surface area contributed by atoms with Gasteiger partial charge in [0.2, 0.25) is 5.91 Å². The number of hydrogen-bond acceptors (Lipinski definition) is 4. The van der Waals surface area contributed by atoms with Gasteiger partial charge in [-0.15, -0.1) is 0 Å². The largest absolute Gasteiger partial charge is 0.479 e. The molecule has 2 aromatic carbocycles. The van der Waals surface area contributed by atoms with Gasteiger partial charge in [-0.2, -0.15) is 0 Å². The highest BCUT2D eigenvalue weighted by molar-refractivity contribution is 5.90. The van der Waals surface area contributed by atoms with Crippen molar-refractivity contribution < 1.29 is 24.2 Å². The van der Waals surface area contributed by atoms with E-state index in [9.17, 15) is 19.5 Å². The van der Waals surface area contributed by atoms with Gasteiger partial charge in [0.15, 0.2) is 0 Å². The number of benzene rings is 2. The number of hydrogen-bond donors (Lipinski definition) is 2. The van der Waals surface area contributed by atoms with Gasteiger partial charge in [0.05, 0.1) is 0 Å². The lowest BCUT2D eigenvalue weighted by Gasteiger charge is -2.42. The van der Waals surface area contributed by atoms with E-state index in [0.717, 1.165) is 28.7 Å². The molecule has 35 heavy (non-hydrogen) atoms. The Labute approximate surface area is 205 Å². The first-order valence-corrected chi connectivity index (χ1v) is 12.4. The molecule has 4 aliphatic rings. The van der Waals surface area contributed by atoms with Crippen molar-refractivity contribution in [3.8, 4) is 11.1 Å². The van der Waals surface area contributed by atoms with Crippen LogP contribution in [0.2, 0.25) is 0 Å². The second-order valence-corrected chi connectivity index (χ2v) is 10.6. The molecule has 3 fully saturated rings. The van der Waals surface area contributed by atoms with E-state index >= 15 is 0 Å². The molecule has 7 nitrogen and oxygen atoms in total. The Hall–Kier alpha value is -3.35. The summed E-state index contributed by atoms with van der Waals surface area (Å²) in [4.78, 5) is 39.3. The zero-order valence-corrected chi connectivity index (χ0v) is 20.3. The van der Waals surface area contributed by atoms with Gasteiger partial charge in [0.1, 0.15) is 12.1 Å². The zero-order valence-electron chi connectivity index (χ0n) is 20.3. The molecule has 0 spiro atoms. The Morgan fingerprint density at radius 1 is 1.09 bits per heavy atom. The minimum atomic E-state index is -1.08.